The van der Waals surface area contributed by atoms with Crippen LogP contribution in [0.15, 0.2) is 6.07 Å². The van der Waals surface area contributed by atoms with E-state index >= 15 is 0 Å². The van der Waals surface area contributed by atoms with Gasteiger partial charge >= 0.3 is 0 Å². The number of hydrogen-bond donors (Lipinski definition) is 1. The Balaban J connectivity index is 2.29. The van der Waals surface area contributed by atoms with Crippen molar-refractivity contribution in [1.82, 2.24) is 9.97 Å². The Kier molecular flexibility index (Phi) is 3.94. The van der Waals surface area contributed by atoms with E-state index in [1.807, 2.05) is 6.07 Å². The Morgan fingerprint density at radius 1 is 1.47 bits per heavy atom. The molecule has 2 rings (SSSR count). The summed E-state index contributed by atoms with van der Waals surface area (Å²) in [6, 6.07) is 2.05. The van der Waals surface area contributed by atoms with Crippen LogP contribution in [-0.2, 0) is 4.74 Å². The molecule has 1 fully saturated rings. The fraction of sp³-hybridized carbons (Fsp3) is 0.692. The second kappa shape index (κ2) is 5.45. The van der Waals surface area contributed by atoms with E-state index in [1.165, 1.54) is 0 Å². The molecule has 1 saturated heterocycles. The normalized spacial score (nSPS) is 19.9. The SMILES string of the molecule is CCNc1cc(C(C)C)nc(C2CCOC2)n1. The highest BCUT2D eigenvalue weighted by molar-refractivity contribution is 5.37. The van der Waals surface area contributed by atoms with Crippen LogP contribution in [-0.4, -0.2) is 29.7 Å². The van der Waals surface area contributed by atoms with Crippen molar-refractivity contribution in [2.24, 2.45) is 0 Å². The lowest BCUT2D eigenvalue weighted by Gasteiger charge is -2.13. The summed E-state index contributed by atoms with van der Waals surface area (Å²) < 4.78 is 5.41. The Morgan fingerprint density at radius 3 is 2.88 bits per heavy atom. The average Bonchev–Trinajstić information content (AvgIpc) is 2.82. The van der Waals surface area contributed by atoms with Crippen molar-refractivity contribution in [2.45, 2.75) is 39.0 Å². The molecule has 0 aliphatic carbocycles. The van der Waals surface area contributed by atoms with Gasteiger partial charge in [-0.1, -0.05) is 13.8 Å². The molecule has 1 aliphatic rings. The quantitative estimate of drug-likeness (QED) is 0.871. The third kappa shape index (κ3) is 2.94. The van der Waals surface area contributed by atoms with Crippen molar-refractivity contribution >= 4 is 5.82 Å². The first-order valence-electron chi connectivity index (χ1n) is 6.41. The predicted octanol–water partition coefficient (Wildman–Crippen LogP) is 2.54. The van der Waals surface area contributed by atoms with E-state index < -0.39 is 0 Å². The fourth-order valence-electron chi connectivity index (χ4n) is 1.97. The monoisotopic (exact) mass is 235 g/mol. The third-order valence-electron chi connectivity index (χ3n) is 3.01. The smallest absolute Gasteiger partial charge is 0.136 e. The van der Waals surface area contributed by atoms with Crippen LogP contribution in [0.2, 0.25) is 0 Å². The molecule has 0 radical (unpaired) electrons. The zero-order valence-corrected chi connectivity index (χ0v) is 10.9. The maximum Gasteiger partial charge on any atom is 0.136 e. The van der Waals surface area contributed by atoms with Crippen molar-refractivity contribution in [2.75, 3.05) is 25.1 Å². The van der Waals surface area contributed by atoms with Crippen LogP contribution >= 0.6 is 0 Å². The summed E-state index contributed by atoms with van der Waals surface area (Å²) in [6.45, 7) is 8.87. The van der Waals surface area contributed by atoms with Gasteiger partial charge in [-0.3, -0.25) is 0 Å². The van der Waals surface area contributed by atoms with Gasteiger partial charge in [0.1, 0.15) is 11.6 Å². The molecule has 0 bridgehead atoms. The second-order valence-electron chi connectivity index (χ2n) is 4.78. The van der Waals surface area contributed by atoms with E-state index in [2.05, 4.69) is 36.1 Å². The highest BCUT2D eigenvalue weighted by Gasteiger charge is 2.22. The summed E-state index contributed by atoms with van der Waals surface area (Å²) in [6.07, 6.45) is 1.03. The second-order valence-corrected chi connectivity index (χ2v) is 4.78. The van der Waals surface area contributed by atoms with E-state index in [0.717, 1.165) is 43.5 Å². The molecule has 1 unspecified atom stereocenters. The lowest BCUT2D eigenvalue weighted by molar-refractivity contribution is 0.193. The Morgan fingerprint density at radius 2 is 2.29 bits per heavy atom. The molecule has 0 saturated carbocycles. The summed E-state index contributed by atoms with van der Waals surface area (Å²) in [4.78, 5) is 9.25. The van der Waals surface area contributed by atoms with Gasteiger partial charge in [-0.2, -0.15) is 0 Å². The molecule has 4 heteroatoms. The van der Waals surface area contributed by atoms with Crippen LogP contribution in [0.1, 0.15) is 50.5 Å². The number of anilines is 1. The predicted molar refractivity (Wildman–Crippen MR) is 68.5 cm³/mol. The number of aromatic nitrogens is 2. The molecule has 17 heavy (non-hydrogen) atoms. The number of hydrogen-bond acceptors (Lipinski definition) is 4. The highest BCUT2D eigenvalue weighted by Crippen LogP contribution is 2.25. The number of nitrogens with zero attached hydrogens (tertiary/aromatic N) is 2. The molecule has 0 spiro atoms. The van der Waals surface area contributed by atoms with Gasteiger partial charge in [0.05, 0.1) is 6.61 Å². The number of nitrogens with one attached hydrogen (secondary N) is 1. The molecule has 1 aliphatic heterocycles. The van der Waals surface area contributed by atoms with E-state index in [-0.39, 0.29) is 0 Å². The minimum Gasteiger partial charge on any atom is -0.381 e. The minimum atomic E-state index is 0.367. The Bertz CT molecular complexity index is 373. The van der Waals surface area contributed by atoms with Crippen LogP contribution in [0, 0.1) is 0 Å². The van der Waals surface area contributed by atoms with Gasteiger partial charge in [0.2, 0.25) is 0 Å². The molecule has 0 amide bonds. The van der Waals surface area contributed by atoms with Gasteiger partial charge in [-0.25, -0.2) is 9.97 Å². The molecule has 4 nitrogen and oxygen atoms in total. The van der Waals surface area contributed by atoms with Gasteiger partial charge in [-0.05, 0) is 19.3 Å². The van der Waals surface area contributed by atoms with Crippen molar-refractivity contribution < 1.29 is 4.74 Å². The zero-order valence-electron chi connectivity index (χ0n) is 10.9. The maximum absolute atomic E-state index is 5.41. The topological polar surface area (TPSA) is 47.0 Å². The van der Waals surface area contributed by atoms with Crippen molar-refractivity contribution in [3.8, 4) is 0 Å². The summed E-state index contributed by atoms with van der Waals surface area (Å²) in [5.74, 6) is 2.67. The van der Waals surface area contributed by atoms with Gasteiger partial charge in [0.25, 0.3) is 0 Å². The molecule has 0 aromatic carbocycles. The van der Waals surface area contributed by atoms with Crippen LogP contribution < -0.4 is 5.32 Å². The summed E-state index contributed by atoms with van der Waals surface area (Å²) >= 11 is 0. The lowest BCUT2D eigenvalue weighted by Crippen LogP contribution is -2.10. The van der Waals surface area contributed by atoms with Crippen LogP contribution in [0.5, 0.6) is 0 Å². The highest BCUT2D eigenvalue weighted by atomic mass is 16.5. The molecular weight excluding hydrogens is 214 g/mol. The van der Waals surface area contributed by atoms with Crippen LogP contribution in [0.3, 0.4) is 0 Å². The van der Waals surface area contributed by atoms with Crippen molar-refractivity contribution in [1.29, 1.82) is 0 Å². The average molecular weight is 235 g/mol. The molecule has 94 valence electrons. The Hall–Kier alpha value is -1.16. The molecule has 1 atom stereocenters. The molecule has 2 heterocycles. The molecule has 1 aromatic rings. The lowest BCUT2D eigenvalue weighted by atomic mass is 10.1. The summed E-state index contributed by atoms with van der Waals surface area (Å²) in [5, 5.41) is 3.27. The standard InChI is InChI=1S/C13H21N3O/c1-4-14-12-7-11(9(2)3)15-13(16-12)10-5-6-17-8-10/h7,9-10H,4-6,8H2,1-3H3,(H,14,15,16). The number of ether oxygens (including phenoxy) is 1. The van der Waals surface area contributed by atoms with Gasteiger partial charge in [0.15, 0.2) is 0 Å². The third-order valence-corrected chi connectivity index (χ3v) is 3.01. The van der Waals surface area contributed by atoms with Gasteiger partial charge in [-0.15, -0.1) is 0 Å². The van der Waals surface area contributed by atoms with Crippen LogP contribution in [0.4, 0.5) is 5.82 Å². The van der Waals surface area contributed by atoms with Crippen LogP contribution in [0.25, 0.3) is 0 Å². The zero-order chi connectivity index (χ0) is 12.3. The first-order valence-corrected chi connectivity index (χ1v) is 6.41. The minimum absolute atomic E-state index is 0.367. The van der Waals surface area contributed by atoms with E-state index in [1.54, 1.807) is 0 Å². The van der Waals surface area contributed by atoms with E-state index in [9.17, 15) is 0 Å². The van der Waals surface area contributed by atoms with E-state index in [0.29, 0.717) is 11.8 Å². The first kappa shape index (κ1) is 12.3. The first-order chi connectivity index (χ1) is 8.20. The summed E-state index contributed by atoms with van der Waals surface area (Å²) in [7, 11) is 0. The van der Waals surface area contributed by atoms with Crippen molar-refractivity contribution in [3.63, 3.8) is 0 Å². The Labute approximate surface area is 103 Å². The number of rotatable bonds is 4. The van der Waals surface area contributed by atoms with E-state index in [4.69, 9.17) is 4.74 Å². The maximum atomic E-state index is 5.41. The van der Waals surface area contributed by atoms with Gasteiger partial charge < -0.3 is 10.1 Å². The molecule has 1 N–H and O–H groups in total. The fourth-order valence-corrected chi connectivity index (χ4v) is 1.97. The summed E-state index contributed by atoms with van der Waals surface area (Å²) in [5.41, 5.74) is 1.11. The molecule has 1 aromatic heterocycles. The molecular formula is C13H21N3O. The largest absolute Gasteiger partial charge is 0.381 e. The van der Waals surface area contributed by atoms with Crippen molar-refractivity contribution in [3.05, 3.63) is 17.6 Å². The van der Waals surface area contributed by atoms with Gasteiger partial charge in [0, 0.05) is 30.8 Å².